The van der Waals surface area contributed by atoms with E-state index in [4.69, 9.17) is 14.2 Å². The van der Waals surface area contributed by atoms with E-state index >= 15 is 0 Å². The molecule has 1 aromatic heterocycles. The minimum atomic E-state index is -0.162. The Morgan fingerprint density at radius 2 is 1.75 bits per heavy atom. The maximum Gasteiger partial charge on any atom is 0.249 e. The zero-order valence-corrected chi connectivity index (χ0v) is 20.3. The van der Waals surface area contributed by atoms with Crippen LogP contribution < -0.4 is 9.47 Å². The van der Waals surface area contributed by atoms with Gasteiger partial charge < -0.3 is 24.0 Å². The molecule has 176 valence electrons. The quantitative estimate of drug-likeness (QED) is 0.429. The molecular formula is C24H34N2O5S. The summed E-state index contributed by atoms with van der Waals surface area (Å²) < 4.78 is 15.7. The number of hydrogen-bond acceptors (Lipinski definition) is 6. The SMILES string of the molecule is CCCCN(CC(=O)N(CCc1ccc(OC)c(OC)c1)Cc1cccs1)C(=O)COC. The molecule has 2 rings (SSSR count). The summed E-state index contributed by atoms with van der Waals surface area (Å²) in [5, 5.41) is 2.00. The Morgan fingerprint density at radius 1 is 0.969 bits per heavy atom. The number of methoxy groups -OCH3 is 3. The van der Waals surface area contributed by atoms with E-state index < -0.39 is 0 Å². The van der Waals surface area contributed by atoms with Crippen LogP contribution in [0.15, 0.2) is 35.7 Å². The van der Waals surface area contributed by atoms with Gasteiger partial charge in [-0.1, -0.05) is 25.5 Å². The van der Waals surface area contributed by atoms with E-state index in [0.717, 1.165) is 23.3 Å². The second kappa shape index (κ2) is 13.8. The molecule has 2 amide bonds. The van der Waals surface area contributed by atoms with Crippen LogP contribution in [0, 0.1) is 0 Å². The van der Waals surface area contributed by atoms with Gasteiger partial charge in [0.15, 0.2) is 11.5 Å². The predicted molar refractivity (Wildman–Crippen MR) is 126 cm³/mol. The molecule has 2 aromatic rings. The number of nitrogens with zero attached hydrogens (tertiary/aromatic N) is 2. The molecule has 0 aliphatic carbocycles. The summed E-state index contributed by atoms with van der Waals surface area (Å²) in [6.45, 7) is 3.70. The molecular weight excluding hydrogens is 428 g/mol. The number of hydrogen-bond donors (Lipinski definition) is 0. The Labute approximate surface area is 194 Å². The van der Waals surface area contributed by atoms with Crippen molar-refractivity contribution in [2.75, 3.05) is 47.6 Å². The van der Waals surface area contributed by atoms with E-state index in [2.05, 4.69) is 6.92 Å². The molecule has 0 aliphatic heterocycles. The first-order valence-electron chi connectivity index (χ1n) is 10.8. The average Bonchev–Trinajstić information content (AvgIpc) is 3.32. The maximum absolute atomic E-state index is 13.2. The lowest BCUT2D eigenvalue weighted by Crippen LogP contribution is -2.44. The van der Waals surface area contributed by atoms with E-state index in [1.54, 1.807) is 30.5 Å². The van der Waals surface area contributed by atoms with Crippen LogP contribution in [-0.2, 0) is 27.3 Å². The van der Waals surface area contributed by atoms with Crippen molar-refractivity contribution >= 4 is 23.2 Å². The summed E-state index contributed by atoms with van der Waals surface area (Å²) in [6.07, 6.45) is 2.46. The van der Waals surface area contributed by atoms with Gasteiger partial charge in [-0.2, -0.15) is 0 Å². The zero-order chi connectivity index (χ0) is 23.3. The number of thiophene rings is 1. The number of carbonyl (C=O) groups excluding carboxylic acids is 2. The third-order valence-electron chi connectivity index (χ3n) is 5.13. The van der Waals surface area contributed by atoms with Crippen LogP contribution in [0.25, 0.3) is 0 Å². The maximum atomic E-state index is 13.2. The van der Waals surface area contributed by atoms with Gasteiger partial charge in [-0.15, -0.1) is 11.3 Å². The van der Waals surface area contributed by atoms with Crippen LogP contribution >= 0.6 is 11.3 Å². The van der Waals surface area contributed by atoms with Crippen molar-refractivity contribution in [1.82, 2.24) is 9.80 Å². The van der Waals surface area contributed by atoms with Gasteiger partial charge in [0.2, 0.25) is 11.8 Å². The predicted octanol–water partition coefficient (Wildman–Crippen LogP) is 3.61. The molecule has 0 saturated carbocycles. The summed E-state index contributed by atoms with van der Waals surface area (Å²) in [6, 6.07) is 9.78. The summed E-state index contributed by atoms with van der Waals surface area (Å²) in [5.41, 5.74) is 1.05. The van der Waals surface area contributed by atoms with Gasteiger partial charge in [-0.25, -0.2) is 0 Å². The van der Waals surface area contributed by atoms with Crippen molar-refractivity contribution in [2.24, 2.45) is 0 Å². The second-order valence-corrected chi connectivity index (χ2v) is 8.47. The Balaban J connectivity index is 2.12. The van der Waals surface area contributed by atoms with E-state index in [0.29, 0.717) is 37.6 Å². The third kappa shape index (κ3) is 7.84. The van der Waals surface area contributed by atoms with E-state index in [9.17, 15) is 9.59 Å². The second-order valence-electron chi connectivity index (χ2n) is 7.44. The summed E-state index contributed by atoms with van der Waals surface area (Å²) in [4.78, 5) is 30.2. The van der Waals surface area contributed by atoms with Crippen LogP contribution in [0.4, 0.5) is 0 Å². The lowest BCUT2D eigenvalue weighted by molar-refractivity contribution is -0.143. The van der Waals surface area contributed by atoms with Crippen molar-refractivity contribution in [1.29, 1.82) is 0 Å². The van der Waals surface area contributed by atoms with Crippen LogP contribution in [0.3, 0.4) is 0 Å². The van der Waals surface area contributed by atoms with E-state index in [1.165, 1.54) is 7.11 Å². The molecule has 0 fully saturated rings. The van der Waals surface area contributed by atoms with E-state index in [-0.39, 0.29) is 25.0 Å². The fourth-order valence-corrected chi connectivity index (χ4v) is 4.02. The molecule has 0 atom stereocenters. The van der Waals surface area contributed by atoms with Gasteiger partial charge in [0.1, 0.15) is 6.61 Å². The van der Waals surface area contributed by atoms with E-state index in [1.807, 2.05) is 40.6 Å². The van der Waals surface area contributed by atoms with Gasteiger partial charge >= 0.3 is 0 Å². The van der Waals surface area contributed by atoms with Crippen LogP contribution in [0.5, 0.6) is 11.5 Å². The highest BCUT2D eigenvalue weighted by atomic mass is 32.1. The number of ether oxygens (including phenoxy) is 3. The van der Waals surface area contributed by atoms with Crippen LogP contribution in [-0.4, -0.2) is 69.2 Å². The smallest absolute Gasteiger partial charge is 0.249 e. The molecule has 0 bridgehead atoms. The molecule has 0 N–H and O–H groups in total. The summed E-state index contributed by atoms with van der Waals surface area (Å²) in [7, 11) is 4.70. The third-order valence-corrected chi connectivity index (χ3v) is 5.99. The van der Waals surface area contributed by atoms with Crippen LogP contribution in [0.1, 0.15) is 30.2 Å². The minimum Gasteiger partial charge on any atom is -0.493 e. The topological polar surface area (TPSA) is 68.3 Å². The summed E-state index contributed by atoms with van der Waals surface area (Å²) in [5.74, 6) is 1.10. The Hall–Kier alpha value is -2.58. The van der Waals surface area contributed by atoms with Crippen molar-refractivity contribution in [2.45, 2.75) is 32.7 Å². The Kier molecular flexibility index (Phi) is 11.0. The van der Waals surface area contributed by atoms with Gasteiger partial charge in [-0.3, -0.25) is 9.59 Å². The fourth-order valence-electron chi connectivity index (χ4n) is 3.30. The number of benzene rings is 1. The zero-order valence-electron chi connectivity index (χ0n) is 19.5. The van der Waals surface area contributed by atoms with Crippen molar-refractivity contribution < 1.29 is 23.8 Å². The first-order valence-corrected chi connectivity index (χ1v) is 11.7. The van der Waals surface area contributed by atoms with Crippen molar-refractivity contribution in [3.8, 4) is 11.5 Å². The molecule has 0 radical (unpaired) electrons. The molecule has 8 heteroatoms. The number of unbranched alkanes of at least 4 members (excludes halogenated alkanes) is 1. The number of amides is 2. The highest BCUT2D eigenvalue weighted by Crippen LogP contribution is 2.27. The fraction of sp³-hybridized carbons (Fsp3) is 0.500. The molecule has 0 saturated heterocycles. The lowest BCUT2D eigenvalue weighted by atomic mass is 10.1. The standard InChI is InChI=1S/C24H34N2O5S/c1-5-6-12-25(24(28)18-29-2)17-23(27)26(16-20-8-7-14-32-20)13-11-19-9-10-21(30-3)22(15-19)31-4/h7-10,14-15H,5-6,11-13,16-18H2,1-4H3. The number of rotatable bonds is 14. The first kappa shape index (κ1) is 25.7. The van der Waals surface area contributed by atoms with Crippen LogP contribution in [0.2, 0.25) is 0 Å². The highest BCUT2D eigenvalue weighted by molar-refractivity contribution is 7.09. The Morgan fingerprint density at radius 3 is 2.38 bits per heavy atom. The molecule has 7 nitrogen and oxygen atoms in total. The number of carbonyl (C=O) groups is 2. The first-order chi connectivity index (χ1) is 15.5. The monoisotopic (exact) mass is 462 g/mol. The van der Waals surface area contributed by atoms with Gasteiger partial charge in [0.25, 0.3) is 0 Å². The normalized spacial score (nSPS) is 10.6. The van der Waals surface area contributed by atoms with Crippen molar-refractivity contribution in [3.63, 3.8) is 0 Å². The minimum absolute atomic E-state index is 0.0203. The molecule has 1 heterocycles. The van der Waals surface area contributed by atoms with Gasteiger partial charge in [-0.05, 0) is 42.0 Å². The molecule has 0 unspecified atom stereocenters. The molecule has 32 heavy (non-hydrogen) atoms. The highest BCUT2D eigenvalue weighted by Gasteiger charge is 2.21. The molecule has 0 aliphatic rings. The van der Waals surface area contributed by atoms with Gasteiger partial charge in [0, 0.05) is 25.1 Å². The van der Waals surface area contributed by atoms with Crippen molar-refractivity contribution in [3.05, 3.63) is 46.2 Å². The largest absolute Gasteiger partial charge is 0.493 e. The molecule has 1 aromatic carbocycles. The summed E-state index contributed by atoms with van der Waals surface area (Å²) >= 11 is 1.62. The van der Waals surface area contributed by atoms with Gasteiger partial charge in [0.05, 0.1) is 27.3 Å². The Bertz CT molecular complexity index is 841. The average molecular weight is 463 g/mol. The molecule has 0 spiro atoms. The lowest BCUT2D eigenvalue weighted by Gasteiger charge is -2.27.